The zero-order valence-electron chi connectivity index (χ0n) is 8.16. The summed E-state index contributed by atoms with van der Waals surface area (Å²) in [4.78, 5) is 1.22. The predicted molar refractivity (Wildman–Crippen MR) is 62.5 cm³/mol. The summed E-state index contributed by atoms with van der Waals surface area (Å²) in [5, 5.41) is 1.30. The Morgan fingerprint density at radius 1 is 1.36 bits per heavy atom. The van der Waals surface area contributed by atoms with Crippen molar-refractivity contribution in [2.45, 2.75) is 13.0 Å². The van der Waals surface area contributed by atoms with Crippen LogP contribution in [0.15, 0.2) is 24.3 Å². The van der Waals surface area contributed by atoms with Crippen LogP contribution in [0.2, 0.25) is 0 Å². The van der Waals surface area contributed by atoms with Crippen LogP contribution in [0.5, 0.6) is 0 Å². The van der Waals surface area contributed by atoms with Crippen molar-refractivity contribution in [1.82, 2.24) is 0 Å². The Bertz CT molecular complexity index is 447. The molecule has 1 heterocycles. The summed E-state index contributed by atoms with van der Waals surface area (Å²) in [6, 6.07) is 8.34. The standard InChI is InChI=1S/C11H14N2S/c1-7-8-4-2-3-5-10(8)14-11(7)9(13)6-12/h2-5,9H,6,12-13H2,1H3/t9-/m0/s1. The van der Waals surface area contributed by atoms with Crippen LogP contribution < -0.4 is 11.5 Å². The highest BCUT2D eigenvalue weighted by Gasteiger charge is 2.12. The molecule has 2 aromatic rings. The molecule has 3 heteroatoms. The molecular formula is C11H14N2S. The van der Waals surface area contributed by atoms with Gasteiger partial charge in [0.25, 0.3) is 0 Å². The monoisotopic (exact) mass is 206 g/mol. The molecule has 0 unspecified atom stereocenters. The number of thiophene rings is 1. The molecule has 1 atom stereocenters. The minimum absolute atomic E-state index is 0.0209. The maximum atomic E-state index is 5.94. The second kappa shape index (κ2) is 3.69. The molecule has 74 valence electrons. The van der Waals surface area contributed by atoms with Crippen molar-refractivity contribution in [3.8, 4) is 0 Å². The Kier molecular flexibility index (Phi) is 2.54. The van der Waals surface area contributed by atoms with Crippen molar-refractivity contribution in [2.24, 2.45) is 11.5 Å². The number of benzene rings is 1. The van der Waals surface area contributed by atoms with Crippen LogP contribution in [0, 0.1) is 6.92 Å². The van der Waals surface area contributed by atoms with Gasteiger partial charge < -0.3 is 11.5 Å². The first kappa shape index (κ1) is 9.65. The first-order chi connectivity index (χ1) is 6.74. The average molecular weight is 206 g/mol. The highest BCUT2D eigenvalue weighted by atomic mass is 32.1. The predicted octanol–water partition coefficient (Wildman–Crippen LogP) is 2.17. The minimum Gasteiger partial charge on any atom is -0.329 e. The number of rotatable bonds is 2. The molecular weight excluding hydrogens is 192 g/mol. The van der Waals surface area contributed by atoms with Crippen molar-refractivity contribution in [3.63, 3.8) is 0 Å². The van der Waals surface area contributed by atoms with Crippen LogP contribution in [-0.2, 0) is 0 Å². The molecule has 0 bridgehead atoms. The van der Waals surface area contributed by atoms with Crippen LogP contribution in [0.3, 0.4) is 0 Å². The van der Waals surface area contributed by atoms with E-state index in [-0.39, 0.29) is 6.04 Å². The second-order valence-electron chi connectivity index (χ2n) is 3.43. The smallest absolute Gasteiger partial charge is 0.0517 e. The molecule has 0 saturated carbocycles. The highest BCUT2D eigenvalue weighted by molar-refractivity contribution is 7.19. The fraction of sp³-hybridized carbons (Fsp3) is 0.273. The van der Waals surface area contributed by atoms with Crippen LogP contribution in [0.4, 0.5) is 0 Å². The SMILES string of the molecule is Cc1c([C@@H](N)CN)sc2ccccc12. The Balaban J connectivity index is 2.62. The van der Waals surface area contributed by atoms with E-state index in [1.54, 1.807) is 11.3 Å². The van der Waals surface area contributed by atoms with E-state index in [1.807, 2.05) is 0 Å². The number of fused-ring (bicyclic) bond motifs is 1. The zero-order valence-corrected chi connectivity index (χ0v) is 8.97. The van der Waals surface area contributed by atoms with Gasteiger partial charge in [-0.2, -0.15) is 0 Å². The lowest BCUT2D eigenvalue weighted by molar-refractivity contribution is 0.748. The Hall–Kier alpha value is -0.900. The van der Waals surface area contributed by atoms with Crippen LogP contribution in [-0.4, -0.2) is 6.54 Å². The van der Waals surface area contributed by atoms with Gasteiger partial charge in [-0.1, -0.05) is 18.2 Å². The third-order valence-electron chi connectivity index (χ3n) is 2.47. The summed E-state index contributed by atoms with van der Waals surface area (Å²) in [6.07, 6.45) is 0. The molecule has 0 aliphatic heterocycles. The van der Waals surface area contributed by atoms with E-state index in [0.29, 0.717) is 6.54 Å². The van der Waals surface area contributed by atoms with Crippen LogP contribution >= 0.6 is 11.3 Å². The fourth-order valence-corrected chi connectivity index (χ4v) is 2.88. The number of hydrogen-bond donors (Lipinski definition) is 2. The molecule has 0 radical (unpaired) electrons. The van der Waals surface area contributed by atoms with Crippen LogP contribution in [0.1, 0.15) is 16.5 Å². The summed E-state index contributed by atoms with van der Waals surface area (Å²) in [6.45, 7) is 2.62. The Morgan fingerprint density at radius 3 is 2.71 bits per heavy atom. The highest BCUT2D eigenvalue weighted by Crippen LogP contribution is 2.33. The van der Waals surface area contributed by atoms with Gasteiger partial charge in [-0.25, -0.2) is 0 Å². The number of nitrogens with two attached hydrogens (primary N) is 2. The maximum Gasteiger partial charge on any atom is 0.0517 e. The van der Waals surface area contributed by atoms with Crippen molar-refractivity contribution in [2.75, 3.05) is 6.54 Å². The van der Waals surface area contributed by atoms with Gasteiger partial charge >= 0.3 is 0 Å². The lowest BCUT2D eigenvalue weighted by Gasteiger charge is -2.06. The molecule has 0 fully saturated rings. The maximum absolute atomic E-state index is 5.94. The topological polar surface area (TPSA) is 52.0 Å². The normalized spacial score (nSPS) is 13.4. The van der Waals surface area contributed by atoms with Gasteiger partial charge in [-0.3, -0.25) is 0 Å². The van der Waals surface area contributed by atoms with Gasteiger partial charge in [-0.05, 0) is 23.9 Å². The first-order valence-corrected chi connectivity index (χ1v) is 5.49. The average Bonchev–Trinajstić information content (AvgIpc) is 2.56. The molecule has 0 aliphatic rings. The van der Waals surface area contributed by atoms with E-state index < -0.39 is 0 Å². The molecule has 1 aromatic heterocycles. The molecule has 0 spiro atoms. The number of hydrogen-bond acceptors (Lipinski definition) is 3. The molecule has 0 amide bonds. The van der Waals surface area contributed by atoms with Gasteiger partial charge in [0.1, 0.15) is 0 Å². The Morgan fingerprint density at radius 2 is 2.07 bits per heavy atom. The number of aryl methyl sites for hydroxylation is 1. The van der Waals surface area contributed by atoms with Gasteiger partial charge in [0.15, 0.2) is 0 Å². The Labute approximate surface area is 87.5 Å². The summed E-state index contributed by atoms with van der Waals surface area (Å²) in [5.74, 6) is 0. The zero-order chi connectivity index (χ0) is 10.1. The molecule has 4 N–H and O–H groups in total. The second-order valence-corrected chi connectivity index (χ2v) is 4.51. The molecule has 1 aromatic carbocycles. The fourth-order valence-electron chi connectivity index (χ4n) is 1.65. The molecule has 14 heavy (non-hydrogen) atoms. The quantitative estimate of drug-likeness (QED) is 0.791. The third-order valence-corrected chi connectivity index (χ3v) is 3.88. The summed E-state index contributed by atoms with van der Waals surface area (Å²) < 4.78 is 1.30. The summed E-state index contributed by atoms with van der Waals surface area (Å²) >= 11 is 1.75. The largest absolute Gasteiger partial charge is 0.329 e. The minimum atomic E-state index is -0.0209. The van der Waals surface area contributed by atoms with Crippen molar-refractivity contribution in [1.29, 1.82) is 0 Å². The molecule has 2 rings (SSSR count). The molecule has 2 nitrogen and oxygen atoms in total. The molecule has 0 saturated heterocycles. The lowest BCUT2D eigenvalue weighted by atomic mass is 10.1. The summed E-state index contributed by atoms with van der Waals surface area (Å²) in [5.41, 5.74) is 12.8. The van der Waals surface area contributed by atoms with E-state index in [1.165, 1.54) is 20.5 Å². The van der Waals surface area contributed by atoms with Crippen molar-refractivity contribution < 1.29 is 0 Å². The first-order valence-electron chi connectivity index (χ1n) is 4.67. The van der Waals surface area contributed by atoms with Gasteiger partial charge in [0.2, 0.25) is 0 Å². The van der Waals surface area contributed by atoms with E-state index in [4.69, 9.17) is 11.5 Å². The summed E-state index contributed by atoms with van der Waals surface area (Å²) in [7, 11) is 0. The molecule has 0 aliphatic carbocycles. The van der Waals surface area contributed by atoms with Crippen molar-refractivity contribution >= 4 is 21.4 Å². The van der Waals surface area contributed by atoms with Gasteiger partial charge in [0, 0.05) is 16.1 Å². The van der Waals surface area contributed by atoms with E-state index in [2.05, 4.69) is 31.2 Å². The van der Waals surface area contributed by atoms with E-state index in [9.17, 15) is 0 Å². The van der Waals surface area contributed by atoms with E-state index in [0.717, 1.165) is 0 Å². The lowest BCUT2D eigenvalue weighted by Crippen LogP contribution is -2.20. The van der Waals surface area contributed by atoms with Crippen LogP contribution in [0.25, 0.3) is 10.1 Å². The van der Waals surface area contributed by atoms with Gasteiger partial charge in [-0.15, -0.1) is 11.3 Å². The van der Waals surface area contributed by atoms with Gasteiger partial charge in [0.05, 0.1) is 6.04 Å². The van der Waals surface area contributed by atoms with E-state index >= 15 is 0 Å². The van der Waals surface area contributed by atoms with Crippen molar-refractivity contribution in [3.05, 3.63) is 34.7 Å². The third kappa shape index (κ3) is 1.43.